The molecule has 2 aromatic carbocycles. The maximum Gasteiger partial charge on any atom is 0.111 e. The molecule has 3 rings (SSSR count). The lowest BCUT2D eigenvalue weighted by Gasteiger charge is -2.33. The highest BCUT2D eigenvalue weighted by atomic mass is 35.5. The molecule has 1 aliphatic rings. The molecule has 1 N–H and O–H groups in total. The molecule has 1 fully saturated rings. The minimum Gasteiger partial charge on any atom is -0.316 e. The molecule has 0 aromatic heterocycles. The van der Waals surface area contributed by atoms with Gasteiger partial charge < -0.3 is 5.32 Å². The standard InChI is InChI=1S/C18H18N2.ClH/c19-14-18(17-11-12-20-13-17,15-7-3-1-4-8-15)16-9-5-2-6-10-16;/h1-10,17,20H,11-13H2;1H/t17-;/m1./s1. The predicted molar refractivity (Wildman–Crippen MR) is 87.5 cm³/mol. The third kappa shape index (κ3) is 2.68. The molecular weight excluding hydrogens is 280 g/mol. The lowest BCUT2D eigenvalue weighted by atomic mass is 9.66. The summed E-state index contributed by atoms with van der Waals surface area (Å²) in [5.41, 5.74) is 1.65. The average Bonchev–Trinajstić information content (AvgIpc) is 3.06. The van der Waals surface area contributed by atoms with E-state index in [1.54, 1.807) is 0 Å². The Labute approximate surface area is 132 Å². The molecule has 1 heterocycles. The van der Waals surface area contributed by atoms with Crippen molar-refractivity contribution in [1.82, 2.24) is 5.32 Å². The van der Waals surface area contributed by atoms with E-state index in [-0.39, 0.29) is 12.4 Å². The van der Waals surface area contributed by atoms with Gasteiger partial charge in [-0.25, -0.2) is 0 Å². The van der Waals surface area contributed by atoms with Crippen LogP contribution < -0.4 is 5.32 Å². The topological polar surface area (TPSA) is 35.8 Å². The van der Waals surface area contributed by atoms with Crippen molar-refractivity contribution in [3.8, 4) is 6.07 Å². The van der Waals surface area contributed by atoms with E-state index in [1.807, 2.05) is 36.4 Å². The molecule has 0 radical (unpaired) electrons. The van der Waals surface area contributed by atoms with Gasteiger partial charge in [-0.2, -0.15) is 5.26 Å². The van der Waals surface area contributed by atoms with Gasteiger partial charge in [0.15, 0.2) is 0 Å². The molecule has 0 aliphatic carbocycles. The van der Waals surface area contributed by atoms with E-state index in [1.165, 1.54) is 0 Å². The molecule has 108 valence electrons. The van der Waals surface area contributed by atoms with Gasteiger partial charge in [0, 0.05) is 6.54 Å². The van der Waals surface area contributed by atoms with Gasteiger partial charge in [-0.05, 0) is 30.0 Å². The summed E-state index contributed by atoms with van der Waals surface area (Å²) in [4.78, 5) is 0. The van der Waals surface area contributed by atoms with Gasteiger partial charge in [-0.3, -0.25) is 0 Å². The van der Waals surface area contributed by atoms with Crippen molar-refractivity contribution in [3.63, 3.8) is 0 Å². The summed E-state index contributed by atoms with van der Waals surface area (Å²) in [5.74, 6) is 0.317. The van der Waals surface area contributed by atoms with Crippen molar-refractivity contribution in [3.05, 3.63) is 71.8 Å². The van der Waals surface area contributed by atoms with Crippen molar-refractivity contribution < 1.29 is 0 Å². The Kier molecular flexibility index (Phi) is 5.01. The van der Waals surface area contributed by atoms with Crippen LogP contribution in [0.2, 0.25) is 0 Å². The van der Waals surface area contributed by atoms with Gasteiger partial charge in [0.2, 0.25) is 0 Å². The van der Waals surface area contributed by atoms with Crippen LogP contribution in [-0.2, 0) is 5.41 Å². The molecule has 0 bridgehead atoms. The van der Waals surface area contributed by atoms with Crippen LogP contribution in [0, 0.1) is 17.2 Å². The summed E-state index contributed by atoms with van der Waals surface area (Å²) in [6, 6.07) is 23.1. The summed E-state index contributed by atoms with van der Waals surface area (Å²) >= 11 is 0. The number of nitrogens with zero attached hydrogens (tertiary/aromatic N) is 1. The number of benzene rings is 2. The number of nitriles is 1. The second kappa shape index (κ2) is 6.76. The van der Waals surface area contributed by atoms with Crippen molar-refractivity contribution >= 4 is 12.4 Å². The minimum absolute atomic E-state index is 0. The zero-order chi connectivity index (χ0) is 13.8. The molecule has 1 saturated heterocycles. The Balaban J connectivity index is 0.00000161. The molecule has 0 saturated carbocycles. The number of hydrogen-bond acceptors (Lipinski definition) is 2. The van der Waals surface area contributed by atoms with Crippen LogP contribution in [0.1, 0.15) is 17.5 Å². The van der Waals surface area contributed by atoms with Crippen molar-refractivity contribution in [2.45, 2.75) is 11.8 Å². The Morgan fingerprint density at radius 2 is 1.48 bits per heavy atom. The second-order valence-electron chi connectivity index (χ2n) is 5.34. The number of nitrogens with one attached hydrogen (secondary N) is 1. The third-order valence-corrected chi connectivity index (χ3v) is 4.31. The molecular formula is C18H19ClN2. The van der Waals surface area contributed by atoms with Crippen LogP contribution in [0.4, 0.5) is 0 Å². The smallest absolute Gasteiger partial charge is 0.111 e. The summed E-state index contributed by atoms with van der Waals surface area (Å²) in [5, 5.41) is 13.5. The SMILES string of the molecule is Cl.N#CC(c1ccccc1)(c1ccccc1)[C@@H]1CCNC1. The van der Waals surface area contributed by atoms with Gasteiger partial charge in [-0.1, -0.05) is 60.7 Å². The number of halogens is 1. The highest BCUT2D eigenvalue weighted by molar-refractivity contribution is 5.85. The summed E-state index contributed by atoms with van der Waals surface area (Å²) in [6.45, 7) is 1.89. The molecule has 2 aromatic rings. The summed E-state index contributed by atoms with van der Waals surface area (Å²) < 4.78 is 0. The summed E-state index contributed by atoms with van der Waals surface area (Å²) in [7, 11) is 0. The van der Waals surface area contributed by atoms with Gasteiger partial charge in [0.25, 0.3) is 0 Å². The Bertz CT molecular complexity index is 559. The van der Waals surface area contributed by atoms with Crippen LogP contribution in [0.15, 0.2) is 60.7 Å². The van der Waals surface area contributed by atoms with Crippen LogP contribution in [-0.4, -0.2) is 13.1 Å². The Morgan fingerprint density at radius 1 is 0.952 bits per heavy atom. The molecule has 0 amide bonds. The third-order valence-electron chi connectivity index (χ3n) is 4.31. The lowest BCUT2D eigenvalue weighted by molar-refractivity contribution is 0.425. The Morgan fingerprint density at radius 3 is 1.86 bits per heavy atom. The average molecular weight is 299 g/mol. The fourth-order valence-electron chi connectivity index (χ4n) is 3.28. The molecule has 1 atom stereocenters. The maximum absolute atomic E-state index is 10.1. The van der Waals surface area contributed by atoms with Crippen molar-refractivity contribution in [2.24, 2.45) is 5.92 Å². The molecule has 0 spiro atoms. The van der Waals surface area contributed by atoms with Crippen LogP contribution in [0.3, 0.4) is 0 Å². The highest BCUT2D eigenvalue weighted by Gasteiger charge is 2.43. The van der Waals surface area contributed by atoms with Gasteiger partial charge in [0.1, 0.15) is 5.41 Å². The highest BCUT2D eigenvalue weighted by Crippen LogP contribution is 2.41. The quantitative estimate of drug-likeness (QED) is 0.941. The Hall–Kier alpha value is -1.82. The second-order valence-corrected chi connectivity index (χ2v) is 5.34. The first kappa shape index (κ1) is 15.6. The summed E-state index contributed by atoms with van der Waals surface area (Å²) in [6.07, 6.45) is 1.04. The monoisotopic (exact) mass is 298 g/mol. The largest absolute Gasteiger partial charge is 0.316 e. The van der Waals surface area contributed by atoms with Gasteiger partial charge in [-0.15, -0.1) is 12.4 Å². The fraction of sp³-hybridized carbons (Fsp3) is 0.278. The van der Waals surface area contributed by atoms with E-state index in [4.69, 9.17) is 0 Å². The number of hydrogen-bond donors (Lipinski definition) is 1. The number of rotatable bonds is 3. The van der Waals surface area contributed by atoms with Gasteiger partial charge >= 0.3 is 0 Å². The van der Waals surface area contributed by atoms with E-state index < -0.39 is 5.41 Å². The van der Waals surface area contributed by atoms with Crippen molar-refractivity contribution in [2.75, 3.05) is 13.1 Å². The molecule has 3 heteroatoms. The zero-order valence-corrected chi connectivity index (χ0v) is 12.6. The van der Waals surface area contributed by atoms with E-state index >= 15 is 0 Å². The fourth-order valence-corrected chi connectivity index (χ4v) is 3.28. The molecule has 2 nitrogen and oxygen atoms in total. The maximum atomic E-state index is 10.1. The predicted octanol–water partition coefficient (Wildman–Crippen LogP) is 3.53. The first-order valence-electron chi connectivity index (χ1n) is 7.11. The minimum atomic E-state index is -0.550. The molecule has 1 aliphatic heterocycles. The molecule has 0 unspecified atom stereocenters. The lowest BCUT2D eigenvalue weighted by Crippen LogP contribution is -2.36. The van der Waals surface area contributed by atoms with Crippen molar-refractivity contribution in [1.29, 1.82) is 5.26 Å². The molecule has 21 heavy (non-hydrogen) atoms. The zero-order valence-electron chi connectivity index (χ0n) is 11.8. The van der Waals surface area contributed by atoms with E-state index in [0.29, 0.717) is 5.92 Å². The first-order chi connectivity index (χ1) is 9.88. The first-order valence-corrected chi connectivity index (χ1v) is 7.11. The van der Waals surface area contributed by atoms with Crippen LogP contribution in [0.5, 0.6) is 0 Å². The van der Waals surface area contributed by atoms with Crippen LogP contribution in [0.25, 0.3) is 0 Å². The van der Waals surface area contributed by atoms with E-state index in [2.05, 4.69) is 35.7 Å². The van der Waals surface area contributed by atoms with Crippen LogP contribution >= 0.6 is 12.4 Å². The van der Waals surface area contributed by atoms with Gasteiger partial charge in [0.05, 0.1) is 6.07 Å². The van der Waals surface area contributed by atoms with E-state index in [0.717, 1.165) is 30.6 Å². The van der Waals surface area contributed by atoms with E-state index in [9.17, 15) is 5.26 Å². The normalized spacial score (nSPS) is 17.8.